The quantitative estimate of drug-likeness (QED) is 0.804. The van der Waals surface area contributed by atoms with Crippen molar-refractivity contribution < 1.29 is 9.59 Å². The third-order valence-corrected chi connectivity index (χ3v) is 4.29. The van der Waals surface area contributed by atoms with Crippen LogP contribution < -0.4 is 10.6 Å². The zero-order chi connectivity index (χ0) is 15.5. The highest BCUT2D eigenvalue weighted by atomic mass is 32.1. The first-order valence-electron chi connectivity index (χ1n) is 7.22. The van der Waals surface area contributed by atoms with Gasteiger partial charge in [-0.25, -0.2) is 4.98 Å². The standard InChI is InChI=1S/C16H17N3O2S/c1-10(20)11-4-6-13(7-5-11)18-16-19-14(9-22-16)8-17-15(21)12-2-3-12/h4-7,9,12H,2-3,8H2,1H3,(H,17,21)(H,18,19). The molecule has 5 nitrogen and oxygen atoms in total. The summed E-state index contributed by atoms with van der Waals surface area (Å²) in [5.74, 6) is 0.396. The molecule has 1 aliphatic carbocycles. The smallest absolute Gasteiger partial charge is 0.223 e. The van der Waals surface area contributed by atoms with E-state index >= 15 is 0 Å². The summed E-state index contributed by atoms with van der Waals surface area (Å²) >= 11 is 1.49. The van der Waals surface area contributed by atoms with Crippen LogP contribution in [0.25, 0.3) is 0 Å². The number of amides is 1. The lowest BCUT2D eigenvalue weighted by atomic mass is 10.1. The van der Waals surface area contributed by atoms with Crippen LogP contribution in [0, 0.1) is 5.92 Å². The molecular weight excluding hydrogens is 298 g/mol. The number of benzene rings is 1. The Hall–Kier alpha value is -2.21. The average Bonchev–Trinajstić information content (AvgIpc) is 3.27. The molecule has 0 spiro atoms. The van der Waals surface area contributed by atoms with Gasteiger partial charge in [-0.2, -0.15) is 0 Å². The van der Waals surface area contributed by atoms with Crippen molar-refractivity contribution >= 4 is 33.8 Å². The second-order valence-corrected chi connectivity index (χ2v) is 6.25. The molecule has 2 N–H and O–H groups in total. The number of rotatable bonds is 6. The van der Waals surface area contributed by atoms with E-state index in [0.717, 1.165) is 29.4 Å². The number of nitrogens with zero attached hydrogens (tertiary/aromatic N) is 1. The van der Waals surface area contributed by atoms with Crippen molar-refractivity contribution in [1.82, 2.24) is 10.3 Å². The van der Waals surface area contributed by atoms with Gasteiger partial charge < -0.3 is 10.6 Å². The van der Waals surface area contributed by atoms with Crippen molar-refractivity contribution in [3.63, 3.8) is 0 Å². The van der Waals surface area contributed by atoms with Gasteiger partial charge in [-0.3, -0.25) is 9.59 Å². The Morgan fingerprint density at radius 3 is 2.64 bits per heavy atom. The first-order chi connectivity index (χ1) is 10.6. The molecule has 1 heterocycles. The molecule has 0 atom stereocenters. The van der Waals surface area contributed by atoms with Crippen molar-refractivity contribution in [3.8, 4) is 0 Å². The van der Waals surface area contributed by atoms with Crippen LogP contribution in [0.2, 0.25) is 0 Å². The van der Waals surface area contributed by atoms with Gasteiger partial charge in [-0.05, 0) is 44.0 Å². The molecule has 1 aliphatic rings. The summed E-state index contributed by atoms with van der Waals surface area (Å²) in [6, 6.07) is 7.28. The second-order valence-electron chi connectivity index (χ2n) is 5.39. The second kappa shape index (κ2) is 6.27. The van der Waals surface area contributed by atoms with Crippen LogP contribution in [0.15, 0.2) is 29.6 Å². The molecule has 3 rings (SSSR count). The molecule has 1 saturated carbocycles. The molecule has 0 saturated heterocycles. The highest BCUT2D eigenvalue weighted by Gasteiger charge is 2.29. The van der Waals surface area contributed by atoms with Gasteiger partial charge in [0.15, 0.2) is 10.9 Å². The number of thiazole rings is 1. The molecule has 1 aromatic carbocycles. The third kappa shape index (κ3) is 3.71. The van der Waals surface area contributed by atoms with Gasteiger partial charge in [0.2, 0.25) is 5.91 Å². The Balaban J connectivity index is 1.56. The largest absolute Gasteiger partial charge is 0.350 e. The minimum absolute atomic E-state index is 0.0505. The third-order valence-electron chi connectivity index (χ3n) is 3.49. The fourth-order valence-electron chi connectivity index (χ4n) is 2.02. The molecule has 1 aromatic heterocycles. The van der Waals surface area contributed by atoms with Crippen molar-refractivity contribution in [2.24, 2.45) is 5.92 Å². The number of anilines is 2. The van der Waals surface area contributed by atoms with Gasteiger partial charge in [0.25, 0.3) is 0 Å². The van der Waals surface area contributed by atoms with Crippen LogP contribution in [0.5, 0.6) is 0 Å². The molecule has 1 amide bonds. The van der Waals surface area contributed by atoms with E-state index in [9.17, 15) is 9.59 Å². The van der Waals surface area contributed by atoms with Crippen molar-refractivity contribution in [2.45, 2.75) is 26.3 Å². The van der Waals surface area contributed by atoms with Crippen LogP contribution in [-0.2, 0) is 11.3 Å². The SMILES string of the molecule is CC(=O)c1ccc(Nc2nc(CNC(=O)C3CC3)cs2)cc1. The Kier molecular flexibility index (Phi) is 4.20. The molecular formula is C16H17N3O2S. The van der Waals surface area contributed by atoms with E-state index < -0.39 is 0 Å². The number of hydrogen-bond donors (Lipinski definition) is 2. The minimum atomic E-state index is 0.0505. The highest BCUT2D eigenvalue weighted by molar-refractivity contribution is 7.13. The number of hydrogen-bond acceptors (Lipinski definition) is 5. The molecule has 2 aromatic rings. The van der Waals surface area contributed by atoms with Crippen LogP contribution >= 0.6 is 11.3 Å². The molecule has 22 heavy (non-hydrogen) atoms. The van der Waals surface area contributed by atoms with Crippen LogP contribution in [0.1, 0.15) is 35.8 Å². The average molecular weight is 315 g/mol. The Morgan fingerprint density at radius 1 is 1.27 bits per heavy atom. The molecule has 0 aliphatic heterocycles. The van der Waals surface area contributed by atoms with Gasteiger partial charge in [-0.15, -0.1) is 11.3 Å². The number of carbonyl (C=O) groups is 2. The monoisotopic (exact) mass is 315 g/mol. The van der Waals surface area contributed by atoms with Gasteiger partial charge in [0.1, 0.15) is 0 Å². The first kappa shape index (κ1) is 14.7. The number of nitrogens with one attached hydrogen (secondary N) is 2. The van der Waals surface area contributed by atoms with Gasteiger partial charge >= 0.3 is 0 Å². The van der Waals surface area contributed by atoms with E-state index in [-0.39, 0.29) is 17.6 Å². The summed E-state index contributed by atoms with van der Waals surface area (Å²) in [6.45, 7) is 2.02. The summed E-state index contributed by atoms with van der Waals surface area (Å²) < 4.78 is 0. The summed E-state index contributed by atoms with van der Waals surface area (Å²) in [7, 11) is 0. The van der Waals surface area contributed by atoms with E-state index in [1.54, 1.807) is 19.1 Å². The molecule has 0 unspecified atom stereocenters. The number of carbonyl (C=O) groups excluding carboxylic acids is 2. The lowest BCUT2D eigenvalue weighted by molar-refractivity contribution is -0.122. The molecule has 114 valence electrons. The zero-order valence-electron chi connectivity index (χ0n) is 12.3. The minimum Gasteiger partial charge on any atom is -0.350 e. The lowest BCUT2D eigenvalue weighted by Crippen LogP contribution is -2.24. The highest BCUT2D eigenvalue weighted by Crippen LogP contribution is 2.29. The summed E-state index contributed by atoms with van der Waals surface area (Å²) in [4.78, 5) is 27.3. The number of ketones is 1. The van der Waals surface area contributed by atoms with E-state index in [4.69, 9.17) is 0 Å². The molecule has 0 bridgehead atoms. The predicted octanol–water partition coefficient (Wildman–Crippen LogP) is 3.12. The summed E-state index contributed by atoms with van der Waals surface area (Å²) in [5, 5.41) is 8.79. The maximum Gasteiger partial charge on any atom is 0.223 e. The molecule has 0 radical (unpaired) electrons. The van der Waals surface area contributed by atoms with Gasteiger partial charge in [0.05, 0.1) is 12.2 Å². The van der Waals surface area contributed by atoms with Gasteiger partial charge in [-0.1, -0.05) is 0 Å². The van der Waals surface area contributed by atoms with E-state index in [1.165, 1.54) is 11.3 Å². The van der Waals surface area contributed by atoms with E-state index in [1.807, 2.05) is 17.5 Å². The number of aromatic nitrogens is 1. The Bertz CT molecular complexity index is 690. The Morgan fingerprint density at radius 2 is 2.00 bits per heavy atom. The predicted molar refractivity (Wildman–Crippen MR) is 86.4 cm³/mol. The van der Waals surface area contributed by atoms with Crippen molar-refractivity contribution in [2.75, 3.05) is 5.32 Å². The maximum absolute atomic E-state index is 11.6. The lowest BCUT2D eigenvalue weighted by Gasteiger charge is -2.03. The van der Waals surface area contributed by atoms with Crippen molar-refractivity contribution in [3.05, 3.63) is 40.9 Å². The fraction of sp³-hybridized carbons (Fsp3) is 0.312. The maximum atomic E-state index is 11.6. The van der Waals surface area contributed by atoms with Crippen molar-refractivity contribution in [1.29, 1.82) is 0 Å². The summed E-state index contributed by atoms with van der Waals surface area (Å²) in [5.41, 5.74) is 2.42. The fourth-order valence-corrected chi connectivity index (χ4v) is 2.76. The Labute approximate surface area is 132 Å². The first-order valence-corrected chi connectivity index (χ1v) is 8.10. The van der Waals surface area contributed by atoms with E-state index in [0.29, 0.717) is 12.1 Å². The normalized spacial score (nSPS) is 13.7. The zero-order valence-corrected chi connectivity index (χ0v) is 13.1. The van der Waals surface area contributed by atoms with Gasteiger partial charge in [0, 0.05) is 22.5 Å². The van der Waals surface area contributed by atoms with Crippen LogP contribution in [-0.4, -0.2) is 16.7 Å². The molecule has 6 heteroatoms. The van der Waals surface area contributed by atoms with Crippen LogP contribution in [0.3, 0.4) is 0 Å². The molecule has 1 fully saturated rings. The van der Waals surface area contributed by atoms with Crippen LogP contribution in [0.4, 0.5) is 10.8 Å². The number of Topliss-reactive ketones (excluding diaryl/α,β-unsaturated/α-hetero) is 1. The van der Waals surface area contributed by atoms with E-state index in [2.05, 4.69) is 15.6 Å². The summed E-state index contributed by atoms with van der Waals surface area (Å²) in [6.07, 6.45) is 2.01. The topological polar surface area (TPSA) is 71.1 Å².